The Hall–Kier alpha value is -0.0900. The minimum absolute atomic E-state index is 0.193. The fourth-order valence-electron chi connectivity index (χ4n) is 0.225. The summed E-state index contributed by atoms with van der Waals surface area (Å²) in [7, 11) is -3.24. The maximum atomic E-state index is 10.3. The first-order valence-corrected chi connectivity index (χ1v) is 4.37. The quantitative estimate of drug-likeness (QED) is 0.554. The topological polar surface area (TPSA) is 43.4 Å². The van der Waals surface area contributed by atoms with Crippen molar-refractivity contribution in [3.05, 3.63) is 5.92 Å². The van der Waals surface area contributed by atoms with Gasteiger partial charge in [0, 0.05) is 0 Å². The van der Waals surface area contributed by atoms with Gasteiger partial charge in [-0.05, 0) is 5.92 Å². The molecule has 0 aromatic heterocycles. The van der Waals surface area contributed by atoms with Crippen molar-refractivity contribution in [1.29, 1.82) is 0 Å². The van der Waals surface area contributed by atoms with Gasteiger partial charge in [0.15, 0.2) is 0 Å². The summed E-state index contributed by atoms with van der Waals surface area (Å²) in [5, 5.41) is 0. The van der Waals surface area contributed by atoms with Crippen LogP contribution in [0.15, 0.2) is 0 Å². The molecule has 0 saturated heterocycles. The molecule has 55 valence electrons. The van der Waals surface area contributed by atoms with E-state index < -0.39 is 10.1 Å². The maximum absolute atomic E-state index is 10.3. The SMILES string of the molecule is C[C](C)COS(C)(=O)=O. The minimum atomic E-state index is -3.24. The average Bonchev–Trinajstić information content (AvgIpc) is 1.59. The van der Waals surface area contributed by atoms with Gasteiger partial charge in [0.1, 0.15) is 0 Å². The standard InChI is InChI=1S/C5H11O3S/c1-5(2)4-8-9(3,6)7/h4H2,1-3H3. The Labute approximate surface area is 56.1 Å². The normalized spacial score (nSPS) is 12.4. The maximum Gasteiger partial charge on any atom is 0.264 e. The van der Waals surface area contributed by atoms with E-state index in [0.29, 0.717) is 0 Å². The molecule has 0 aliphatic rings. The van der Waals surface area contributed by atoms with Gasteiger partial charge in [-0.15, -0.1) is 0 Å². The zero-order chi connectivity index (χ0) is 7.49. The van der Waals surface area contributed by atoms with Crippen LogP contribution in [0.5, 0.6) is 0 Å². The summed E-state index contributed by atoms with van der Waals surface area (Å²) in [6, 6.07) is 0. The second-order valence-electron chi connectivity index (χ2n) is 2.17. The molecule has 0 bridgehead atoms. The minimum Gasteiger partial charge on any atom is -0.270 e. The van der Waals surface area contributed by atoms with Crippen LogP contribution < -0.4 is 0 Å². The Bertz CT molecular complexity index is 157. The molecule has 0 atom stereocenters. The van der Waals surface area contributed by atoms with Gasteiger partial charge in [0.05, 0.1) is 12.9 Å². The molecule has 0 rings (SSSR count). The summed E-state index contributed by atoms with van der Waals surface area (Å²) < 4.78 is 25.0. The molecule has 0 aliphatic carbocycles. The van der Waals surface area contributed by atoms with Gasteiger partial charge in [0.2, 0.25) is 0 Å². The van der Waals surface area contributed by atoms with Crippen LogP contribution in [-0.4, -0.2) is 21.3 Å². The van der Waals surface area contributed by atoms with Gasteiger partial charge in [-0.3, -0.25) is 4.18 Å². The largest absolute Gasteiger partial charge is 0.270 e. The zero-order valence-corrected chi connectivity index (χ0v) is 6.66. The van der Waals surface area contributed by atoms with Crippen molar-refractivity contribution in [2.45, 2.75) is 13.8 Å². The third-order valence-corrected chi connectivity index (χ3v) is 1.11. The van der Waals surface area contributed by atoms with Crippen molar-refractivity contribution in [3.8, 4) is 0 Å². The smallest absolute Gasteiger partial charge is 0.264 e. The molecule has 0 spiro atoms. The van der Waals surface area contributed by atoms with E-state index in [1.54, 1.807) is 0 Å². The molecule has 0 heterocycles. The van der Waals surface area contributed by atoms with E-state index >= 15 is 0 Å². The third-order valence-electron chi connectivity index (χ3n) is 0.562. The molecule has 0 aliphatic heterocycles. The highest BCUT2D eigenvalue weighted by Crippen LogP contribution is 1.97. The van der Waals surface area contributed by atoms with Crippen molar-refractivity contribution in [3.63, 3.8) is 0 Å². The van der Waals surface area contributed by atoms with Gasteiger partial charge < -0.3 is 0 Å². The number of rotatable bonds is 3. The second-order valence-corrected chi connectivity index (χ2v) is 3.82. The van der Waals surface area contributed by atoms with Crippen molar-refractivity contribution in [1.82, 2.24) is 0 Å². The lowest BCUT2D eigenvalue weighted by Crippen LogP contribution is -2.07. The van der Waals surface area contributed by atoms with Crippen LogP contribution in [0, 0.1) is 5.92 Å². The Morgan fingerprint density at radius 3 is 2.00 bits per heavy atom. The highest BCUT2D eigenvalue weighted by Gasteiger charge is 2.02. The fourth-order valence-corrected chi connectivity index (χ4v) is 0.675. The summed E-state index contributed by atoms with van der Waals surface area (Å²) in [5.74, 6) is 0.945. The van der Waals surface area contributed by atoms with Crippen LogP contribution >= 0.6 is 0 Å². The Kier molecular flexibility index (Phi) is 3.14. The summed E-state index contributed by atoms with van der Waals surface area (Å²) >= 11 is 0. The van der Waals surface area contributed by atoms with E-state index in [1.807, 2.05) is 13.8 Å². The molecule has 0 fully saturated rings. The Balaban J connectivity index is 3.53. The second kappa shape index (κ2) is 3.17. The predicted molar refractivity (Wildman–Crippen MR) is 35.4 cm³/mol. The monoisotopic (exact) mass is 151 g/mol. The molecule has 3 nitrogen and oxygen atoms in total. The van der Waals surface area contributed by atoms with E-state index in [1.165, 1.54) is 0 Å². The van der Waals surface area contributed by atoms with Crippen molar-refractivity contribution < 1.29 is 12.6 Å². The van der Waals surface area contributed by atoms with E-state index in [4.69, 9.17) is 0 Å². The fraction of sp³-hybridized carbons (Fsp3) is 0.800. The lowest BCUT2D eigenvalue weighted by molar-refractivity contribution is 0.335. The highest BCUT2D eigenvalue weighted by atomic mass is 32.2. The van der Waals surface area contributed by atoms with E-state index in [0.717, 1.165) is 12.2 Å². The van der Waals surface area contributed by atoms with Gasteiger partial charge in [-0.2, -0.15) is 8.42 Å². The van der Waals surface area contributed by atoms with Crippen LogP contribution in [0.3, 0.4) is 0 Å². The van der Waals surface area contributed by atoms with Crippen molar-refractivity contribution in [2.75, 3.05) is 12.9 Å². The molecule has 9 heavy (non-hydrogen) atoms. The lowest BCUT2D eigenvalue weighted by Gasteiger charge is -2.01. The third kappa shape index (κ3) is 7.91. The first-order chi connectivity index (χ1) is 3.92. The van der Waals surface area contributed by atoms with Gasteiger partial charge in [-0.1, -0.05) is 13.8 Å². The first-order valence-electron chi connectivity index (χ1n) is 2.55. The lowest BCUT2D eigenvalue weighted by atomic mass is 10.2. The summed E-state index contributed by atoms with van der Waals surface area (Å²) in [5.41, 5.74) is 0. The van der Waals surface area contributed by atoms with Crippen molar-refractivity contribution in [2.24, 2.45) is 0 Å². The molecule has 0 N–H and O–H groups in total. The van der Waals surface area contributed by atoms with E-state index in [-0.39, 0.29) is 6.61 Å². The zero-order valence-electron chi connectivity index (χ0n) is 5.84. The van der Waals surface area contributed by atoms with Crippen molar-refractivity contribution >= 4 is 10.1 Å². The van der Waals surface area contributed by atoms with Crippen LogP contribution in [0.4, 0.5) is 0 Å². The van der Waals surface area contributed by atoms with Crippen LogP contribution in [0.25, 0.3) is 0 Å². The molecule has 0 aromatic carbocycles. The Morgan fingerprint density at radius 1 is 1.44 bits per heavy atom. The molecular formula is C5H11O3S. The first kappa shape index (κ1) is 8.91. The molecular weight excluding hydrogens is 140 g/mol. The summed E-state index contributed by atoms with van der Waals surface area (Å²) in [6.45, 7) is 3.81. The molecule has 0 aromatic rings. The molecule has 0 saturated carbocycles. The van der Waals surface area contributed by atoms with Crippen LogP contribution in [0.2, 0.25) is 0 Å². The van der Waals surface area contributed by atoms with Gasteiger partial charge in [0.25, 0.3) is 10.1 Å². The van der Waals surface area contributed by atoms with Crippen LogP contribution in [-0.2, 0) is 14.3 Å². The van der Waals surface area contributed by atoms with Gasteiger partial charge in [-0.25, -0.2) is 0 Å². The average molecular weight is 151 g/mol. The summed E-state index contributed by atoms with van der Waals surface area (Å²) in [4.78, 5) is 0. The predicted octanol–water partition coefficient (Wildman–Crippen LogP) is 0.577. The van der Waals surface area contributed by atoms with Crippen LogP contribution in [0.1, 0.15) is 13.8 Å². The van der Waals surface area contributed by atoms with E-state index in [9.17, 15) is 8.42 Å². The van der Waals surface area contributed by atoms with E-state index in [2.05, 4.69) is 4.18 Å². The summed E-state index contributed by atoms with van der Waals surface area (Å²) in [6.07, 6.45) is 1.04. The highest BCUT2D eigenvalue weighted by molar-refractivity contribution is 7.85. The number of hydrogen-bond acceptors (Lipinski definition) is 3. The Morgan fingerprint density at radius 2 is 1.89 bits per heavy atom. The number of hydrogen-bond donors (Lipinski definition) is 0. The molecule has 0 unspecified atom stereocenters. The molecule has 1 radical (unpaired) electrons. The van der Waals surface area contributed by atoms with Gasteiger partial charge >= 0.3 is 0 Å². The molecule has 0 amide bonds. The molecule has 4 heteroatoms.